The second-order valence-corrected chi connectivity index (χ2v) is 5.73. The van der Waals surface area contributed by atoms with Gasteiger partial charge in [-0.05, 0) is 31.2 Å². The van der Waals surface area contributed by atoms with E-state index in [1.807, 2.05) is 6.92 Å². The molecule has 6 heteroatoms. The molecule has 18 heavy (non-hydrogen) atoms. The maximum absolute atomic E-state index is 12.8. The minimum absolute atomic E-state index is 0.282. The zero-order valence-corrected chi connectivity index (χ0v) is 11.6. The van der Waals surface area contributed by atoms with Crippen LogP contribution in [0.25, 0.3) is 0 Å². The molecule has 3 nitrogen and oxygen atoms in total. The minimum Gasteiger partial charge on any atom is -0.257 e. The number of halogens is 2. The molecule has 0 fully saturated rings. The third kappa shape index (κ3) is 2.62. The number of hydrogen-bond acceptors (Lipinski definition) is 2. The normalized spacial score (nSPS) is 12.7. The molecule has 0 radical (unpaired) electrons. The molecular formula is C12H12ClFN2OS. The fraction of sp³-hybridized carbons (Fsp3) is 0.250. The topological polar surface area (TPSA) is 34.9 Å². The standard InChI is InChI=1S/C12H12ClFN2OS/c1-8-11(12(13)16(2)15-8)7-18(17)10-5-3-9(14)4-6-10/h3-6H,7H2,1-2H3. The van der Waals surface area contributed by atoms with Crippen molar-refractivity contribution in [3.8, 4) is 0 Å². The highest BCUT2D eigenvalue weighted by molar-refractivity contribution is 7.84. The van der Waals surface area contributed by atoms with E-state index in [2.05, 4.69) is 5.10 Å². The monoisotopic (exact) mass is 286 g/mol. The highest BCUT2D eigenvalue weighted by Crippen LogP contribution is 2.22. The SMILES string of the molecule is Cc1nn(C)c(Cl)c1CS(=O)c1ccc(F)cc1. The molecule has 0 saturated heterocycles. The van der Waals surface area contributed by atoms with E-state index in [1.165, 1.54) is 24.3 Å². The maximum atomic E-state index is 12.8. The second kappa shape index (κ2) is 5.20. The molecule has 1 aromatic carbocycles. The van der Waals surface area contributed by atoms with Gasteiger partial charge >= 0.3 is 0 Å². The van der Waals surface area contributed by atoms with E-state index >= 15 is 0 Å². The van der Waals surface area contributed by atoms with Crippen molar-refractivity contribution in [2.24, 2.45) is 7.05 Å². The Labute approximate surface area is 112 Å². The Morgan fingerprint density at radius 1 is 1.39 bits per heavy atom. The van der Waals surface area contributed by atoms with Gasteiger partial charge in [0.05, 0.1) is 22.2 Å². The van der Waals surface area contributed by atoms with Gasteiger partial charge in [-0.15, -0.1) is 0 Å². The van der Waals surface area contributed by atoms with Crippen molar-refractivity contribution >= 4 is 22.4 Å². The zero-order valence-electron chi connectivity index (χ0n) is 9.98. The molecule has 0 aliphatic rings. The van der Waals surface area contributed by atoms with Crippen LogP contribution in [-0.4, -0.2) is 14.0 Å². The summed E-state index contributed by atoms with van der Waals surface area (Å²) in [5.74, 6) is -0.0595. The molecule has 0 amide bonds. The lowest BCUT2D eigenvalue weighted by atomic mass is 10.3. The lowest BCUT2D eigenvalue weighted by Crippen LogP contribution is -1.98. The van der Waals surface area contributed by atoms with Crippen LogP contribution in [0.15, 0.2) is 29.2 Å². The van der Waals surface area contributed by atoms with E-state index in [-0.39, 0.29) is 11.6 Å². The predicted octanol–water partition coefficient (Wildman–Crippen LogP) is 2.83. The molecule has 2 aromatic rings. The fourth-order valence-electron chi connectivity index (χ4n) is 1.64. The predicted molar refractivity (Wildman–Crippen MR) is 69.5 cm³/mol. The van der Waals surface area contributed by atoms with E-state index in [9.17, 15) is 8.60 Å². The lowest BCUT2D eigenvalue weighted by Gasteiger charge is -2.02. The van der Waals surface area contributed by atoms with E-state index in [4.69, 9.17) is 11.6 Å². The second-order valence-electron chi connectivity index (χ2n) is 3.92. The highest BCUT2D eigenvalue weighted by Gasteiger charge is 2.15. The van der Waals surface area contributed by atoms with Crippen LogP contribution in [0.5, 0.6) is 0 Å². The molecule has 0 saturated carbocycles. The average Bonchev–Trinajstić information content (AvgIpc) is 2.57. The molecule has 2 rings (SSSR count). The van der Waals surface area contributed by atoms with E-state index < -0.39 is 10.8 Å². The van der Waals surface area contributed by atoms with Gasteiger partial charge in [-0.3, -0.25) is 8.89 Å². The Hall–Kier alpha value is -1.20. The van der Waals surface area contributed by atoms with Crippen molar-refractivity contribution in [3.63, 3.8) is 0 Å². The Bertz CT molecular complexity index is 595. The number of nitrogens with zero attached hydrogens (tertiary/aromatic N) is 2. The number of rotatable bonds is 3. The molecule has 0 N–H and O–H groups in total. The Morgan fingerprint density at radius 3 is 2.50 bits per heavy atom. The summed E-state index contributed by atoms with van der Waals surface area (Å²) in [7, 11) is 0.481. The van der Waals surface area contributed by atoms with Crippen molar-refractivity contribution in [2.75, 3.05) is 0 Å². The summed E-state index contributed by atoms with van der Waals surface area (Å²) in [6, 6.07) is 5.63. The first-order valence-electron chi connectivity index (χ1n) is 5.31. The van der Waals surface area contributed by atoms with Gasteiger partial charge in [0, 0.05) is 17.5 Å². The number of hydrogen-bond donors (Lipinski definition) is 0. The molecule has 0 aliphatic heterocycles. The van der Waals surface area contributed by atoms with E-state index in [0.29, 0.717) is 10.0 Å². The first-order valence-corrected chi connectivity index (χ1v) is 7.00. The van der Waals surface area contributed by atoms with Crippen molar-refractivity contribution in [2.45, 2.75) is 17.6 Å². The van der Waals surface area contributed by atoms with Gasteiger partial charge in [-0.2, -0.15) is 5.10 Å². The number of aryl methyl sites for hydroxylation is 2. The minimum atomic E-state index is -1.25. The Balaban J connectivity index is 2.24. The quantitative estimate of drug-likeness (QED) is 0.870. The van der Waals surface area contributed by atoms with Gasteiger partial charge in [0.15, 0.2) is 0 Å². The first kappa shape index (κ1) is 13.2. The molecule has 1 heterocycles. The van der Waals surface area contributed by atoms with Gasteiger partial charge in [0.25, 0.3) is 0 Å². The molecule has 1 unspecified atom stereocenters. The third-order valence-electron chi connectivity index (χ3n) is 2.62. The molecule has 0 bridgehead atoms. The summed E-state index contributed by atoms with van der Waals surface area (Å²) < 4.78 is 26.5. The summed E-state index contributed by atoms with van der Waals surface area (Å²) in [4.78, 5) is 0.579. The van der Waals surface area contributed by atoms with Crippen LogP contribution in [0.4, 0.5) is 4.39 Å². The van der Waals surface area contributed by atoms with Crippen molar-refractivity contribution < 1.29 is 8.60 Å². The largest absolute Gasteiger partial charge is 0.257 e. The average molecular weight is 287 g/mol. The Morgan fingerprint density at radius 2 is 2.00 bits per heavy atom. The van der Waals surface area contributed by atoms with Crippen LogP contribution in [0.2, 0.25) is 5.15 Å². The zero-order chi connectivity index (χ0) is 13.3. The van der Waals surface area contributed by atoms with Crippen LogP contribution in [0.3, 0.4) is 0 Å². The Kier molecular flexibility index (Phi) is 3.82. The van der Waals surface area contributed by atoms with Crippen molar-refractivity contribution in [1.29, 1.82) is 0 Å². The van der Waals surface area contributed by atoms with Crippen LogP contribution < -0.4 is 0 Å². The third-order valence-corrected chi connectivity index (χ3v) is 4.44. The first-order chi connectivity index (χ1) is 8.49. The lowest BCUT2D eigenvalue weighted by molar-refractivity contribution is 0.626. The molecule has 96 valence electrons. The summed E-state index contributed by atoms with van der Waals surface area (Å²) in [6.45, 7) is 1.82. The van der Waals surface area contributed by atoms with E-state index in [1.54, 1.807) is 11.7 Å². The molecule has 1 aromatic heterocycles. The highest BCUT2D eigenvalue weighted by atomic mass is 35.5. The summed E-state index contributed by atoms with van der Waals surface area (Å²) >= 11 is 6.08. The van der Waals surface area contributed by atoms with Crippen LogP contribution >= 0.6 is 11.6 Å². The van der Waals surface area contributed by atoms with Crippen molar-refractivity contribution in [3.05, 3.63) is 46.5 Å². The summed E-state index contributed by atoms with van der Waals surface area (Å²) in [5.41, 5.74) is 1.53. The van der Waals surface area contributed by atoms with Crippen LogP contribution in [-0.2, 0) is 23.6 Å². The van der Waals surface area contributed by atoms with Crippen molar-refractivity contribution in [1.82, 2.24) is 9.78 Å². The van der Waals surface area contributed by atoms with Gasteiger partial charge in [0.1, 0.15) is 11.0 Å². The molecular weight excluding hydrogens is 275 g/mol. The van der Waals surface area contributed by atoms with Gasteiger partial charge < -0.3 is 0 Å². The van der Waals surface area contributed by atoms with Crippen LogP contribution in [0, 0.1) is 12.7 Å². The fourth-order valence-corrected chi connectivity index (χ4v) is 3.17. The van der Waals surface area contributed by atoms with E-state index in [0.717, 1.165) is 11.3 Å². The van der Waals surface area contributed by atoms with Gasteiger partial charge in [0.2, 0.25) is 0 Å². The number of benzene rings is 1. The van der Waals surface area contributed by atoms with Gasteiger partial charge in [-0.25, -0.2) is 4.39 Å². The molecule has 0 aliphatic carbocycles. The summed E-state index contributed by atoms with van der Waals surface area (Å²) in [5, 5.41) is 4.65. The molecule has 1 atom stereocenters. The van der Waals surface area contributed by atoms with Crippen LogP contribution in [0.1, 0.15) is 11.3 Å². The maximum Gasteiger partial charge on any atom is 0.131 e. The van der Waals surface area contributed by atoms with Gasteiger partial charge in [-0.1, -0.05) is 11.6 Å². The smallest absolute Gasteiger partial charge is 0.131 e. The summed E-state index contributed by atoms with van der Waals surface area (Å²) in [6.07, 6.45) is 0. The molecule has 0 spiro atoms. The number of aromatic nitrogens is 2.